The van der Waals surface area contributed by atoms with Gasteiger partial charge in [-0.2, -0.15) is 5.10 Å². The second-order valence-corrected chi connectivity index (χ2v) is 5.48. The largest absolute Gasteiger partial charge is 0.293 e. The quantitative estimate of drug-likeness (QED) is 0.760. The number of aromatic nitrogens is 3. The van der Waals surface area contributed by atoms with E-state index in [1.54, 1.807) is 5.51 Å². The van der Waals surface area contributed by atoms with Gasteiger partial charge in [-0.1, -0.05) is 13.8 Å². The van der Waals surface area contributed by atoms with E-state index in [-0.39, 0.29) is 5.78 Å². The number of carbonyl (C=O) groups excluding carboxylic acids is 1. The van der Waals surface area contributed by atoms with Crippen LogP contribution in [-0.4, -0.2) is 20.5 Å². The van der Waals surface area contributed by atoms with E-state index in [9.17, 15) is 4.79 Å². The molecule has 0 spiro atoms. The number of thiazole rings is 1. The minimum absolute atomic E-state index is 0.106. The number of rotatable bonds is 6. The average Bonchev–Trinajstić information content (AvgIpc) is 3.00. The monoisotopic (exact) mass is 277 g/mol. The van der Waals surface area contributed by atoms with Gasteiger partial charge in [-0.15, -0.1) is 11.3 Å². The summed E-state index contributed by atoms with van der Waals surface area (Å²) in [6.45, 7) is 6.18. The molecule has 0 saturated carbocycles. The van der Waals surface area contributed by atoms with E-state index in [0.717, 1.165) is 29.1 Å². The Labute approximate surface area is 117 Å². The summed E-state index contributed by atoms with van der Waals surface area (Å²) in [6, 6.07) is 2.36. The molecule has 2 rings (SSSR count). The first-order chi connectivity index (χ1) is 9.15. The zero-order chi connectivity index (χ0) is 13.8. The summed E-state index contributed by atoms with van der Waals surface area (Å²) < 4.78 is 1.97. The molecular formula is C14H19N3OS. The van der Waals surface area contributed by atoms with E-state index in [0.29, 0.717) is 12.5 Å². The van der Waals surface area contributed by atoms with Crippen LogP contribution in [-0.2, 0) is 6.42 Å². The minimum Gasteiger partial charge on any atom is -0.293 e. The predicted molar refractivity (Wildman–Crippen MR) is 76.7 cm³/mol. The van der Waals surface area contributed by atoms with Crippen LogP contribution in [0.2, 0.25) is 0 Å². The van der Waals surface area contributed by atoms with E-state index in [4.69, 9.17) is 0 Å². The Morgan fingerprint density at radius 2 is 2.16 bits per heavy atom. The van der Waals surface area contributed by atoms with Gasteiger partial charge >= 0.3 is 0 Å². The van der Waals surface area contributed by atoms with Gasteiger partial charge in [0.2, 0.25) is 0 Å². The van der Waals surface area contributed by atoms with E-state index in [1.165, 1.54) is 11.3 Å². The van der Waals surface area contributed by atoms with Crippen LogP contribution >= 0.6 is 11.3 Å². The van der Waals surface area contributed by atoms with E-state index in [1.807, 2.05) is 23.9 Å². The van der Waals surface area contributed by atoms with E-state index >= 15 is 0 Å². The average molecular weight is 277 g/mol. The molecule has 19 heavy (non-hydrogen) atoms. The predicted octanol–water partition coefficient (Wildman–Crippen LogP) is 3.43. The maximum absolute atomic E-state index is 12.1. The fourth-order valence-electron chi connectivity index (χ4n) is 2.15. The van der Waals surface area contributed by atoms with Crippen molar-refractivity contribution < 1.29 is 4.79 Å². The minimum atomic E-state index is 0.106. The lowest BCUT2D eigenvalue weighted by Gasteiger charge is -2.12. The Kier molecular flexibility index (Phi) is 4.47. The maximum Gasteiger partial charge on any atom is 0.180 e. The van der Waals surface area contributed by atoms with Crippen LogP contribution in [0.3, 0.4) is 0 Å². The molecule has 0 aromatic carbocycles. The van der Waals surface area contributed by atoms with Crippen LogP contribution in [0.1, 0.15) is 53.8 Å². The SMILES string of the molecule is CCC(CC)n1ccc(CC(=O)c2scnc2C)n1. The Morgan fingerprint density at radius 1 is 1.42 bits per heavy atom. The molecule has 5 heteroatoms. The van der Waals surface area contributed by atoms with Crippen LogP contribution < -0.4 is 0 Å². The summed E-state index contributed by atoms with van der Waals surface area (Å²) in [5, 5.41) is 4.51. The van der Waals surface area contributed by atoms with Gasteiger partial charge in [0.25, 0.3) is 0 Å². The Bertz CT molecular complexity index is 555. The number of Topliss-reactive ketones (excluding diaryl/α,β-unsaturated/α-hetero) is 1. The van der Waals surface area contributed by atoms with Crippen molar-refractivity contribution in [2.45, 2.75) is 46.1 Å². The molecule has 2 aromatic rings. The normalized spacial score (nSPS) is 11.2. The second-order valence-electron chi connectivity index (χ2n) is 4.62. The molecule has 2 aromatic heterocycles. The summed E-state index contributed by atoms with van der Waals surface area (Å²) in [5.74, 6) is 0.106. The highest BCUT2D eigenvalue weighted by molar-refractivity contribution is 7.11. The molecular weight excluding hydrogens is 258 g/mol. The molecule has 4 nitrogen and oxygen atoms in total. The molecule has 2 heterocycles. The Hall–Kier alpha value is -1.49. The van der Waals surface area contributed by atoms with Gasteiger partial charge in [0.05, 0.1) is 34.2 Å². The van der Waals surface area contributed by atoms with Crippen molar-refractivity contribution in [1.82, 2.24) is 14.8 Å². The van der Waals surface area contributed by atoms with Crippen molar-refractivity contribution in [3.05, 3.63) is 34.0 Å². The Balaban J connectivity index is 2.08. The smallest absolute Gasteiger partial charge is 0.180 e. The van der Waals surface area contributed by atoms with Gasteiger partial charge in [-0.25, -0.2) is 4.98 Å². The third-order valence-corrected chi connectivity index (χ3v) is 4.29. The van der Waals surface area contributed by atoms with Crippen molar-refractivity contribution >= 4 is 17.1 Å². The lowest BCUT2D eigenvalue weighted by atomic mass is 10.2. The molecule has 0 unspecified atom stereocenters. The first-order valence-electron chi connectivity index (χ1n) is 6.63. The highest BCUT2D eigenvalue weighted by Crippen LogP contribution is 2.17. The van der Waals surface area contributed by atoms with Gasteiger partial charge in [0.1, 0.15) is 0 Å². The van der Waals surface area contributed by atoms with Crippen molar-refractivity contribution in [3.8, 4) is 0 Å². The summed E-state index contributed by atoms with van der Waals surface area (Å²) in [6.07, 6.45) is 4.44. The topological polar surface area (TPSA) is 47.8 Å². The molecule has 0 amide bonds. The standard InChI is InChI=1S/C14H19N3OS/c1-4-12(5-2)17-7-6-11(16-17)8-13(18)14-10(3)15-9-19-14/h6-7,9,12H,4-5,8H2,1-3H3. The second kappa shape index (κ2) is 6.10. The number of aryl methyl sites for hydroxylation is 1. The van der Waals surface area contributed by atoms with E-state index < -0.39 is 0 Å². The van der Waals surface area contributed by atoms with Crippen LogP contribution in [0.15, 0.2) is 17.8 Å². The number of nitrogens with zero attached hydrogens (tertiary/aromatic N) is 3. The summed E-state index contributed by atoms with van der Waals surface area (Å²) >= 11 is 1.40. The third kappa shape index (κ3) is 3.10. The molecule has 0 fully saturated rings. The lowest BCUT2D eigenvalue weighted by molar-refractivity contribution is 0.0994. The van der Waals surface area contributed by atoms with Crippen LogP contribution in [0, 0.1) is 6.92 Å². The molecule has 0 atom stereocenters. The molecule has 102 valence electrons. The summed E-state index contributed by atoms with van der Waals surface area (Å²) in [5.41, 5.74) is 3.37. The van der Waals surface area contributed by atoms with E-state index in [2.05, 4.69) is 23.9 Å². The van der Waals surface area contributed by atoms with Crippen molar-refractivity contribution in [2.75, 3.05) is 0 Å². The van der Waals surface area contributed by atoms with Gasteiger partial charge in [-0.3, -0.25) is 9.48 Å². The molecule has 0 saturated heterocycles. The van der Waals surface area contributed by atoms with Crippen LogP contribution in [0.5, 0.6) is 0 Å². The zero-order valence-electron chi connectivity index (χ0n) is 11.6. The lowest BCUT2D eigenvalue weighted by Crippen LogP contribution is -2.09. The van der Waals surface area contributed by atoms with Gasteiger partial charge in [0.15, 0.2) is 5.78 Å². The fraction of sp³-hybridized carbons (Fsp3) is 0.500. The number of hydrogen-bond donors (Lipinski definition) is 0. The van der Waals surface area contributed by atoms with Crippen molar-refractivity contribution in [1.29, 1.82) is 0 Å². The molecule has 0 aliphatic rings. The summed E-state index contributed by atoms with van der Waals surface area (Å²) in [7, 11) is 0. The Morgan fingerprint density at radius 3 is 2.74 bits per heavy atom. The van der Waals surface area contributed by atoms with Gasteiger partial charge < -0.3 is 0 Å². The molecule has 0 aliphatic heterocycles. The van der Waals surface area contributed by atoms with Crippen LogP contribution in [0.4, 0.5) is 0 Å². The molecule has 0 aliphatic carbocycles. The van der Waals surface area contributed by atoms with Crippen LogP contribution in [0.25, 0.3) is 0 Å². The fourth-order valence-corrected chi connectivity index (χ4v) is 2.90. The first kappa shape index (κ1) is 13.9. The van der Waals surface area contributed by atoms with Crippen molar-refractivity contribution in [2.24, 2.45) is 0 Å². The van der Waals surface area contributed by atoms with Gasteiger partial charge in [-0.05, 0) is 25.8 Å². The number of ketones is 1. The van der Waals surface area contributed by atoms with Gasteiger partial charge in [0, 0.05) is 6.20 Å². The summed E-state index contributed by atoms with van der Waals surface area (Å²) in [4.78, 5) is 17.0. The first-order valence-corrected chi connectivity index (χ1v) is 7.51. The number of carbonyl (C=O) groups is 1. The third-order valence-electron chi connectivity index (χ3n) is 3.32. The zero-order valence-corrected chi connectivity index (χ0v) is 12.4. The van der Waals surface area contributed by atoms with Crippen molar-refractivity contribution in [3.63, 3.8) is 0 Å². The molecule has 0 radical (unpaired) electrons. The highest BCUT2D eigenvalue weighted by atomic mass is 32.1. The molecule has 0 bridgehead atoms. The maximum atomic E-state index is 12.1. The number of hydrogen-bond acceptors (Lipinski definition) is 4. The highest BCUT2D eigenvalue weighted by Gasteiger charge is 2.15. The molecule has 0 N–H and O–H groups in total.